The van der Waals surface area contributed by atoms with Gasteiger partial charge in [0, 0.05) is 28.6 Å². The average Bonchev–Trinajstić information content (AvgIpc) is 2.61. The summed E-state index contributed by atoms with van der Waals surface area (Å²) in [5.74, 6) is -0.0550. The molecular weight excluding hydrogens is 306 g/mol. The summed E-state index contributed by atoms with van der Waals surface area (Å²) in [7, 11) is 0. The van der Waals surface area contributed by atoms with Crippen molar-refractivity contribution in [3.63, 3.8) is 0 Å². The number of nitro groups is 1. The number of aromatic nitrogens is 2. The van der Waals surface area contributed by atoms with E-state index in [1.54, 1.807) is 30.5 Å². The number of hydrogen-bond donors (Lipinski definition) is 1. The maximum atomic E-state index is 11.5. The fourth-order valence-electron chi connectivity index (χ4n) is 2.78. The molecule has 0 saturated carbocycles. The Balaban J connectivity index is 2.14. The second kappa shape index (κ2) is 5.27. The van der Waals surface area contributed by atoms with Gasteiger partial charge in [-0.3, -0.25) is 15.1 Å². The predicted octanol–water partition coefficient (Wildman–Crippen LogP) is 4.06. The summed E-state index contributed by atoms with van der Waals surface area (Å²) >= 11 is 0. The van der Waals surface area contributed by atoms with Gasteiger partial charge in [-0.25, -0.2) is 4.98 Å². The highest BCUT2D eigenvalue weighted by Crippen LogP contribution is 2.37. The van der Waals surface area contributed by atoms with Crippen LogP contribution in [0.4, 0.5) is 5.69 Å². The molecule has 0 amide bonds. The van der Waals surface area contributed by atoms with Crippen molar-refractivity contribution in [3.05, 3.63) is 70.9 Å². The topological polar surface area (TPSA) is 89.2 Å². The second-order valence-corrected chi connectivity index (χ2v) is 5.34. The van der Waals surface area contributed by atoms with Crippen molar-refractivity contribution in [2.75, 3.05) is 0 Å². The zero-order valence-electron chi connectivity index (χ0n) is 12.4. The molecule has 2 aromatic heterocycles. The lowest BCUT2D eigenvalue weighted by Crippen LogP contribution is -1.97. The fraction of sp³-hybridized carbons (Fsp3) is 0. The molecule has 6 nitrogen and oxygen atoms in total. The Morgan fingerprint density at radius 1 is 0.958 bits per heavy atom. The number of phenolic OH excluding ortho intramolecular Hbond substituents is 1. The molecule has 0 aliphatic rings. The molecule has 0 spiro atoms. The predicted molar refractivity (Wildman–Crippen MR) is 90.8 cm³/mol. The van der Waals surface area contributed by atoms with Crippen LogP contribution >= 0.6 is 0 Å². The van der Waals surface area contributed by atoms with Crippen LogP contribution in [0.3, 0.4) is 0 Å². The first-order valence-electron chi connectivity index (χ1n) is 7.26. The molecule has 0 saturated heterocycles. The lowest BCUT2D eigenvalue weighted by molar-refractivity contribution is -0.384. The van der Waals surface area contributed by atoms with Crippen molar-refractivity contribution in [1.82, 2.24) is 9.97 Å². The third kappa shape index (κ3) is 2.13. The van der Waals surface area contributed by atoms with E-state index < -0.39 is 4.92 Å². The number of para-hydroxylation sites is 1. The molecular formula is C18H11N3O3. The third-order valence-corrected chi connectivity index (χ3v) is 3.89. The quantitative estimate of drug-likeness (QED) is 0.342. The van der Waals surface area contributed by atoms with Gasteiger partial charge < -0.3 is 5.11 Å². The van der Waals surface area contributed by atoms with Crippen LogP contribution in [0.1, 0.15) is 0 Å². The molecule has 0 fully saturated rings. The summed E-state index contributed by atoms with van der Waals surface area (Å²) in [4.78, 5) is 19.8. The largest absolute Gasteiger partial charge is 0.507 e. The van der Waals surface area contributed by atoms with E-state index in [1.165, 1.54) is 12.1 Å². The Morgan fingerprint density at radius 2 is 1.75 bits per heavy atom. The third-order valence-electron chi connectivity index (χ3n) is 3.89. The van der Waals surface area contributed by atoms with Crippen molar-refractivity contribution >= 4 is 27.5 Å². The number of hydrogen-bond acceptors (Lipinski definition) is 5. The molecule has 4 rings (SSSR count). The van der Waals surface area contributed by atoms with E-state index in [2.05, 4.69) is 9.97 Å². The van der Waals surface area contributed by atoms with E-state index in [9.17, 15) is 15.2 Å². The Hall–Kier alpha value is -3.54. The fourth-order valence-corrected chi connectivity index (χ4v) is 2.78. The van der Waals surface area contributed by atoms with E-state index >= 15 is 0 Å². The van der Waals surface area contributed by atoms with Gasteiger partial charge in [-0.05, 0) is 18.2 Å². The van der Waals surface area contributed by atoms with Crippen LogP contribution < -0.4 is 0 Å². The smallest absolute Gasteiger partial charge is 0.296 e. The van der Waals surface area contributed by atoms with Gasteiger partial charge in [0.25, 0.3) is 5.69 Å². The van der Waals surface area contributed by atoms with Crippen LogP contribution in [0.15, 0.2) is 60.8 Å². The van der Waals surface area contributed by atoms with Gasteiger partial charge in [0.05, 0.1) is 16.0 Å². The van der Waals surface area contributed by atoms with Crippen molar-refractivity contribution in [3.8, 4) is 17.0 Å². The molecule has 0 unspecified atom stereocenters. The summed E-state index contributed by atoms with van der Waals surface area (Å²) in [6, 6.07) is 15.3. The molecule has 24 heavy (non-hydrogen) atoms. The number of pyridine rings is 2. The summed E-state index contributed by atoms with van der Waals surface area (Å²) < 4.78 is 0. The minimum absolute atomic E-state index is 0.0550. The molecule has 0 aliphatic heterocycles. The molecule has 6 heteroatoms. The van der Waals surface area contributed by atoms with Crippen LogP contribution in [0, 0.1) is 10.1 Å². The number of nitrogens with zero attached hydrogens (tertiary/aromatic N) is 3. The minimum Gasteiger partial charge on any atom is -0.507 e. The SMILES string of the molecule is O=[N+]([O-])c1cc2ccc3cccnc3c2nc1-c1ccccc1O. The Kier molecular flexibility index (Phi) is 3.09. The first-order chi connectivity index (χ1) is 11.6. The molecule has 1 N–H and O–H groups in total. The highest BCUT2D eigenvalue weighted by molar-refractivity contribution is 6.04. The minimum atomic E-state index is -0.489. The molecule has 0 aliphatic carbocycles. The zero-order chi connectivity index (χ0) is 16.7. The lowest BCUT2D eigenvalue weighted by Gasteiger charge is -2.08. The summed E-state index contributed by atoms with van der Waals surface area (Å²) in [6.45, 7) is 0. The van der Waals surface area contributed by atoms with Gasteiger partial charge in [0.1, 0.15) is 5.75 Å². The van der Waals surface area contributed by atoms with Gasteiger partial charge in [0.15, 0.2) is 5.69 Å². The average molecular weight is 317 g/mol. The highest BCUT2D eigenvalue weighted by atomic mass is 16.6. The Bertz CT molecular complexity index is 1110. The van der Waals surface area contributed by atoms with Crippen LogP contribution in [0.2, 0.25) is 0 Å². The van der Waals surface area contributed by atoms with E-state index in [-0.39, 0.29) is 17.1 Å². The van der Waals surface area contributed by atoms with Gasteiger partial charge in [-0.15, -0.1) is 0 Å². The van der Waals surface area contributed by atoms with Gasteiger partial charge in [-0.2, -0.15) is 0 Å². The second-order valence-electron chi connectivity index (χ2n) is 5.34. The van der Waals surface area contributed by atoms with Crippen LogP contribution in [-0.4, -0.2) is 20.0 Å². The number of phenols is 1. The highest BCUT2D eigenvalue weighted by Gasteiger charge is 2.21. The first kappa shape index (κ1) is 14.1. The van der Waals surface area contributed by atoms with E-state index in [0.29, 0.717) is 22.0 Å². The normalized spacial score (nSPS) is 11.0. The molecule has 4 aromatic rings. The number of aromatic hydroxyl groups is 1. The Labute approximate surface area is 136 Å². The van der Waals surface area contributed by atoms with E-state index in [4.69, 9.17) is 0 Å². The summed E-state index contributed by atoms with van der Waals surface area (Å²) in [5.41, 5.74) is 1.53. The zero-order valence-corrected chi connectivity index (χ0v) is 12.4. The molecule has 2 heterocycles. The van der Waals surface area contributed by atoms with Crippen molar-refractivity contribution in [1.29, 1.82) is 0 Å². The molecule has 0 bridgehead atoms. The summed E-state index contributed by atoms with van der Waals surface area (Å²) in [6.07, 6.45) is 1.66. The Morgan fingerprint density at radius 3 is 2.54 bits per heavy atom. The first-order valence-corrected chi connectivity index (χ1v) is 7.26. The van der Waals surface area contributed by atoms with Crippen molar-refractivity contribution in [2.45, 2.75) is 0 Å². The molecule has 0 radical (unpaired) electrons. The van der Waals surface area contributed by atoms with E-state index in [1.807, 2.05) is 18.2 Å². The standard InChI is InChI=1S/C18H11N3O3/c22-15-6-2-1-5-13(15)18-14(21(23)24)10-12-8-7-11-4-3-9-19-16(11)17(12)20-18/h1-10,22H. The van der Waals surface area contributed by atoms with Gasteiger partial charge in [0.2, 0.25) is 0 Å². The number of rotatable bonds is 2. The van der Waals surface area contributed by atoms with Crippen molar-refractivity contribution < 1.29 is 10.0 Å². The van der Waals surface area contributed by atoms with Crippen LogP contribution in [-0.2, 0) is 0 Å². The maximum absolute atomic E-state index is 11.5. The number of benzene rings is 2. The van der Waals surface area contributed by atoms with Gasteiger partial charge >= 0.3 is 0 Å². The maximum Gasteiger partial charge on any atom is 0.296 e. The summed E-state index contributed by atoms with van der Waals surface area (Å²) in [5, 5.41) is 23.1. The van der Waals surface area contributed by atoms with E-state index in [0.717, 1.165) is 5.39 Å². The van der Waals surface area contributed by atoms with Crippen molar-refractivity contribution in [2.24, 2.45) is 0 Å². The molecule has 116 valence electrons. The molecule has 2 aromatic carbocycles. The van der Waals surface area contributed by atoms with Crippen LogP contribution in [0.25, 0.3) is 33.1 Å². The lowest BCUT2D eigenvalue weighted by atomic mass is 10.0. The van der Waals surface area contributed by atoms with Crippen LogP contribution in [0.5, 0.6) is 5.75 Å². The monoisotopic (exact) mass is 317 g/mol. The molecule has 0 atom stereocenters. The number of fused-ring (bicyclic) bond motifs is 3. The van der Waals surface area contributed by atoms with Gasteiger partial charge in [-0.1, -0.05) is 30.3 Å².